The lowest BCUT2D eigenvalue weighted by Gasteiger charge is -2.26. The highest BCUT2D eigenvalue weighted by atomic mass is 127. The van der Waals surface area contributed by atoms with Crippen molar-refractivity contribution in [1.29, 1.82) is 0 Å². The maximum Gasteiger partial charge on any atom is 0.193 e. The third-order valence-corrected chi connectivity index (χ3v) is 6.28. The lowest BCUT2D eigenvalue weighted by atomic mass is 9.89. The smallest absolute Gasteiger partial charge is 0.193 e. The highest BCUT2D eigenvalue weighted by Crippen LogP contribution is 2.32. The molecule has 0 aromatic heterocycles. The van der Waals surface area contributed by atoms with Gasteiger partial charge in [0.2, 0.25) is 0 Å². The summed E-state index contributed by atoms with van der Waals surface area (Å²) in [5, 5.41) is 3.54. The first-order valence-electron chi connectivity index (χ1n) is 10.9. The van der Waals surface area contributed by atoms with E-state index in [-0.39, 0.29) is 30.1 Å². The van der Waals surface area contributed by atoms with Gasteiger partial charge in [0.25, 0.3) is 0 Å². The number of halogens is 1. The van der Waals surface area contributed by atoms with Crippen LogP contribution in [0.3, 0.4) is 0 Å². The zero-order chi connectivity index (χ0) is 19.2. The summed E-state index contributed by atoms with van der Waals surface area (Å²) in [7, 11) is 1.89. The lowest BCUT2D eigenvalue weighted by Crippen LogP contribution is -2.43. The number of fused-ring (bicyclic) bond motifs is 1. The topological polar surface area (TPSA) is 40.1 Å². The van der Waals surface area contributed by atoms with Crippen LogP contribution in [0.4, 0.5) is 0 Å². The number of rotatable bonds is 6. The summed E-state index contributed by atoms with van der Waals surface area (Å²) in [6.07, 6.45) is 10.6. The van der Waals surface area contributed by atoms with Crippen LogP contribution in [0.1, 0.15) is 42.9 Å². The van der Waals surface area contributed by atoms with E-state index >= 15 is 0 Å². The van der Waals surface area contributed by atoms with E-state index in [1.807, 2.05) is 7.05 Å². The minimum atomic E-state index is 0. The molecule has 29 heavy (non-hydrogen) atoms. The predicted molar refractivity (Wildman–Crippen MR) is 130 cm³/mol. The molecule has 0 spiro atoms. The summed E-state index contributed by atoms with van der Waals surface area (Å²) in [5.41, 5.74) is 2.87. The molecule has 0 radical (unpaired) electrons. The molecule has 2 unspecified atom stereocenters. The number of aryl methyl sites for hydroxylation is 1. The van der Waals surface area contributed by atoms with Crippen molar-refractivity contribution in [2.24, 2.45) is 4.99 Å². The average molecular weight is 510 g/mol. The summed E-state index contributed by atoms with van der Waals surface area (Å²) >= 11 is 0. The van der Waals surface area contributed by atoms with Crippen LogP contribution < -0.4 is 5.32 Å². The van der Waals surface area contributed by atoms with Crippen molar-refractivity contribution < 1.29 is 4.74 Å². The fraction of sp³-hybridized carbons (Fsp3) is 0.609. The van der Waals surface area contributed by atoms with E-state index in [9.17, 15) is 0 Å². The number of ether oxygens (including phenoxy) is 1. The van der Waals surface area contributed by atoms with Crippen LogP contribution in [0.2, 0.25) is 0 Å². The summed E-state index contributed by atoms with van der Waals surface area (Å²) in [5.74, 6) is 1.04. The standard InChI is InChI=1S/C23H34N4O.HI/c1-24-23(27-16-12-20(18-27)26-14-4-5-15-26)25-13-7-17-28-22-11-6-9-19-8-2-3-10-21(19)22;/h2-5,8,10,20,22H,6-7,9,11-18H2,1H3,(H,24,25);1H. The third kappa shape index (κ3) is 5.73. The van der Waals surface area contributed by atoms with Gasteiger partial charge in [-0.05, 0) is 43.2 Å². The van der Waals surface area contributed by atoms with E-state index in [0.29, 0.717) is 6.04 Å². The molecule has 1 fully saturated rings. The minimum absolute atomic E-state index is 0. The fourth-order valence-corrected chi connectivity index (χ4v) is 4.74. The minimum Gasteiger partial charge on any atom is -0.373 e. The number of guanidine groups is 1. The highest BCUT2D eigenvalue weighted by molar-refractivity contribution is 14.0. The molecule has 0 bridgehead atoms. The number of benzene rings is 1. The molecule has 1 aromatic carbocycles. The van der Waals surface area contributed by atoms with Gasteiger partial charge in [0.1, 0.15) is 0 Å². The van der Waals surface area contributed by atoms with E-state index in [4.69, 9.17) is 4.74 Å². The van der Waals surface area contributed by atoms with Gasteiger partial charge >= 0.3 is 0 Å². The van der Waals surface area contributed by atoms with Crippen molar-refractivity contribution in [3.63, 3.8) is 0 Å². The van der Waals surface area contributed by atoms with Crippen LogP contribution in [0.15, 0.2) is 41.4 Å². The molecular weight excluding hydrogens is 475 g/mol. The van der Waals surface area contributed by atoms with E-state index < -0.39 is 0 Å². The van der Waals surface area contributed by atoms with Gasteiger partial charge < -0.3 is 15.0 Å². The molecule has 4 rings (SSSR count). The Balaban J connectivity index is 0.00000240. The van der Waals surface area contributed by atoms with E-state index in [1.165, 1.54) is 30.4 Å². The molecule has 3 aliphatic rings. The summed E-state index contributed by atoms with van der Waals surface area (Å²) in [6.45, 7) is 6.09. The lowest BCUT2D eigenvalue weighted by molar-refractivity contribution is 0.0397. The average Bonchev–Trinajstić information content (AvgIpc) is 3.42. The van der Waals surface area contributed by atoms with Crippen LogP contribution in [0, 0.1) is 0 Å². The Morgan fingerprint density at radius 3 is 2.86 bits per heavy atom. The first-order chi connectivity index (χ1) is 13.8. The maximum atomic E-state index is 6.23. The Kier molecular flexibility index (Phi) is 8.81. The Bertz CT molecular complexity index is 700. The Labute approximate surface area is 192 Å². The van der Waals surface area contributed by atoms with Crippen molar-refractivity contribution in [3.8, 4) is 0 Å². The molecule has 1 N–H and O–H groups in total. The second-order valence-electron chi connectivity index (χ2n) is 8.09. The van der Waals surface area contributed by atoms with E-state index in [0.717, 1.165) is 58.1 Å². The molecule has 2 aliphatic heterocycles. The highest BCUT2D eigenvalue weighted by Gasteiger charge is 2.29. The zero-order valence-electron chi connectivity index (χ0n) is 17.6. The molecule has 2 atom stereocenters. The SMILES string of the molecule is CN=C(NCCCOC1CCCc2ccccc21)N1CCC(N2CC=CC2)C1.I. The second kappa shape index (κ2) is 11.3. The first-order valence-corrected chi connectivity index (χ1v) is 10.9. The molecule has 160 valence electrons. The molecular formula is C23H35IN4O. The first kappa shape index (κ1) is 22.6. The van der Waals surface area contributed by atoms with Crippen molar-refractivity contribution in [2.75, 3.05) is 46.4 Å². The fourth-order valence-electron chi connectivity index (χ4n) is 4.74. The summed E-state index contributed by atoms with van der Waals surface area (Å²) in [4.78, 5) is 9.47. The predicted octanol–water partition coefficient (Wildman–Crippen LogP) is 3.61. The Hall–Kier alpha value is -1.12. The van der Waals surface area contributed by atoms with Crippen LogP contribution in [-0.2, 0) is 11.2 Å². The van der Waals surface area contributed by atoms with Gasteiger partial charge in [-0.15, -0.1) is 24.0 Å². The molecule has 1 aromatic rings. The van der Waals surface area contributed by atoms with Crippen LogP contribution in [0.5, 0.6) is 0 Å². The molecule has 6 heteroatoms. The van der Waals surface area contributed by atoms with Crippen molar-refractivity contribution >= 4 is 29.9 Å². The molecule has 2 heterocycles. The van der Waals surface area contributed by atoms with Gasteiger partial charge in [-0.1, -0.05) is 36.4 Å². The second-order valence-corrected chi connectivity index (χ2v) is 8.09. The number of hydrogen-bond acceptors (Lipinski definition) is 3. The number of likely N-dealkylation sites (tertiary alicyclic amines) is 1. The summed E-state index contributed by atoms with van der Waals surface area (Å²) in [6, 6.07) is 9.41. The molecule has 1 aliphatic carbocycles. The summed E-state index contributed by atoms with van der Waals surface area (Å²) < 4.78 is 6.23. The van der Waals surface area contributed by atoms with Gasteiger partial charge in [0.05, 0.1) is 6.10 Å². The van der Waals surface area contributed by atoms with Gasteiger partial charge in [0.15, 0.2) is 5.96 Å². The zero-order valence-corrected chi connectivity index (χ0v) is 19.9. The number of hydrogen-bond donors (Lipinski definition) is 1. The van der Waals surface area contributed by atoms with Crippen LogP contribution in [-0.4, -0.2) is 68.2 Å². The van der Waals surface area contributed by atoms with Gasteiger partial charge in [-0.3, -0.25) is 9.89 Å². The van der Waals surface area contributed by atoms with Gasteiger partial charge in [-0.2, -0.15) is 0 Å². The molecule has 1 saturated heterocycles. The number of nitrogens with one attached hydrogen (secondary N) is 1. The Morgan fingerprint density at radius 2 is 2.03 bits per heavy atom. The largest absolute Gasteiger partial charge is 0.373 e. The van der Waals surface area contributed by atoms with Crippen molar-refractivity contribution in [2.45, 2.75) is 44.2 Å². The molecule has 0 amide bonds. The van der Waals surface area contributed by atoms with Gasteiger partial charge in [-0.25, -0.2) is 0 Å². The van der Waals surface area contributed by atoms with Crippen LogP contribution in [0.25, 0.3) is 0 Å². The van der Waals surface area contributed by atoms with Crippen molar-refractivity contribution in [1.82, 2.24) is 15.1 Å². The Morgan fingerprint density at radius 1 is 1.21 bits per heavy atom. The number of aliphatic imine (C=N–C) groups is 1. The third-order valence-electron chi connectivity index (χ3n) is 6.28. The monoisotopic (exact) mass is 510 g/mol. The van der Waals surface area contributed by atoms with Gasteiger partial charge in [0, 0.05) is 52.4 Å². The van der Waals surface area contributed by atoms with Crippen molar-refractivity contribution in [3.05, 3.63) is 47.5 Å². The molecule has 5 nitrogen and oxygen atoms in total. The molecule has 0 saturated carbocycles. The maximum absolute atomic E-state index is 6.23. The van der Waals surface area contributed by atoms with Crippen LogP contribution >= 0.6 is 24.0 Å². The quantitative estimate of drug-likeness (QED) is 0.209. The normalized spacial score (nSPS) is 24.4. The number of nitrogens with zero attached hydrogens (tertiary/aromatic N) is 3. The van der Waals surface area contributed by atoms with E-state index in [1.54, 1.807) is 0 Å². The van der Waals surface area contributed by atoms with E-state index in [2.05, 4.69) is 56.5 Å².